The smallest absolute Gasteiger partial charge is 0.246 e. The van der Waals surface area contributed by atoms with Crippen molar-refractivity contribution < 1.29 is 4.79 Å². The van der Waals surface area contributed by atoms with Crippen LogP contribution in [-0.4, -0.2) is 23.9 Å². The van der Waals surface area contributed by atoms with E-state index in [0.717, 1.165) is 19.5 Å². The van der Waals surface area contributed by atoms with Gasteiger partial charge in [-0.2, -0.15) is 0 Å². The number of carbonyl (C=O) groups excluding carboxylic acids is 1. The fraction of sp³-hybridized carbons (Fsp3) is 0.800. The molecular formula is C25H45NO. The molecule has 27 heavy (non-hydrogen) atoms. The van der Waals surface area contributed by atoms with E-state index in [-0.39, 0.29) is 5.91 Å². The highest BCUT2D eigenvalue weighted by atomic mass is 16.2. The molecule has 1 heterocycles. The summed E-state index contributed by atoms with van der Waals surface area (Å²) in [7, 11) is 0. The van der Waals surface area contributed by atoms with Crippen LogP contribution in [0.15, 0.2) is 24.3 Å². The van der Waals surface area contributed by atoms with Gasteiger partial charge in [0.1, 0.15) is 0 Å². The molecule has 2 nitrogen and oxygen atoms in total. The fourth-order valence-electron chi connectivity index (χ4n) is 3.74. The Morgan fingerprint density at radius 1 is 0.667 bits per heavy atom. The highest BCUT2D eigenvalue weighted by Crippen LogP contribution is 2.12. The van der Waals surface area contributed by atoms with Gasteiger partial charge < -0.3 is 4.90 Å². The lowest BCUT2D eigenvalue weighted by Gasteiger charge is -2.25. The van der Waals surface area contributed by atoms with Gasteiger partial charge in [-0.1, -0.05) is 76.5 Å². The number of hydrogen-bond donors (Lipinski definition) is 0. The summed E-state index contributed by atoms with van der Waals surface area (Å²) in [6.07, 6.45) is 30.8. The highest BCUT2D eigenvalue weighted by Gasteiger charge is 2.13. The molecule has 0 atom stereocenters. The standard InChI is InChI=1S/C25H45NO/c1-2-3-4-5-6-7-8-9-10-11-12-13-14-15-16-17-19-22-25(27)26-23-20-18-21-24-26/h6-7,19,22H,2-5,8-18,20-21,23-24H2,1H3. The van der Waals surface area contributed by atoms with Crippen molar-refractivity contribution >= 4 is 5.91 Å². The largest absolute Gasteiger partial charge is 0.339 e. The summed E-state index contributed by atoms with van der Waals surface area (Å²) in [5, 5.41) is 0. The number of rotatable bonds is 16. The summed E-state index contributed by atoms with van der Waals surface area (Å²) in [6, 6.07) is 0. The van der Waals surface area contributed by atoms with Crippen molar-refractivity contribution in [2.24, 2.45) is 0 Å². The normalized spacial score (nSPS) is 15.2. The van der Waals surface area contributed by atoms with E-state index in [1.807, 2.05) is 11.0 Å². The SMILES string of the molecule is CCCCCC=CCCCCCCCCCCC=CC(=O)N1CCCCC1. The number of allylic oxidation sites excluding steroid dienone is 3. The van der Waals surface area contributed by atoms with E-state index in [2.05, 4.69) is 25.2 Å². The van der Waals surface area contributed by atoms with E-state index in [0.29, 0.717) is 0 Å². The van der Waals surface area contributed by atoms with Gasteiger partial charge in [0.2, 0.25) is 5.91 Å². The maximum Gasteiger partial charge on any atom is 0.246 e. The Hall–Kier alpha value is -1.05. The Labute approximate surface area is 169 Å². The number of hydrogen-bond acceptors (Lipinski definition) is 1. The second kappa shape index (κ2) is 18.3. The average molecular weight is 376 g/mol. The molecule has 1 aliphatic rings. The van der Waals surface area contributed by atoms with Gasteiger partial charge in [0, 0.05) is 13.1 Å². The minimum absolute atomic E-state index is 0.227. The molecule has 0 aromatic heterocycles. The van der Waals surface area contributed by atoms with Crippen molar-refractivity contribution in [1.29, 1.82) is 0 Å². The molecular weight excluding hydrogens is 330 g/mol. The van der Waals surface area contributed by atoms with Crippen LogP contribution in [0, 0.1) is 0 Å². The van der Waals surface area contributed by atoms with E-state index < -0.39 is 0 Å². The lowest BCUT2D eigenvalue weighted by atomic mass is 10.1. The molecule has 2 heteroatoms. The van der Waals surface area contributed by atoms with Crippen LogP contribution in [0.25, 0.3) is 0 Å². The van der Waals surface area contributed by atoms with Crippen LogP contribution >= 0.6 is 0 Å². The molecule has 1 rings (SSSR count). The number of piperidine rings is 1. The van der Waals surface area contributed by atoms with Gasteiger partial charge in [0.25, 0.3) is 0 Å². The Morgan fingerprint density at radius 2 is 1.15 bits per heavy atom. The van der Waals surface area contributed by atoms with Crippen molar-refractivity contribution in [2.75, 3.05) is 13.1 Å². The summed E-state index contributed by atoms with van der Waals surface area (Å²) in [6.45, 7) is 4.18. The second-order valence-electron chi connectivity index (χ2n) is 8.16. The quantitative estimate of drug-likeness (QED) is 0.154. The third-order valence-corrected chi connectivity index (χ3v) is 5.56. The van der Waals surface area contributed by atoms with Gasteiger partial charge >= 0.3 is 0 Å². The highest BCUT2D eigenvalue weighted by molar-refractivity contribution is 5.87. The van der Waals surface area contributed by atoms with Crippen LogP contribution in [0.2, 0.25) is 0 Å². The predicted octanol–water partition coefficient (Wildman–Crippen LogP) is 7.59. The molecule has 0 aliphatic carbocycles. The second-order valence-corrected chi connectivity index (χ2v) is 8.16. The molecule has 1 amide bonds. The third-order valence-electron chi connectivity index (χ3n) is 5.56. The first-order valence-corrected chi connectivity index (χ1v) is 11.9. The van der Waals surface area contributed by atoms with E-state index in [1.54, 1.807) is 0 Å². The monoisotopic (exact) mass is 375 g/mol. The molecule has 0 unspecified atom stereocenters. The lowest BCUT2D eigenvalue weighted by Crippen LogP contribution is -2.34. The average Bonchev–Trinajstić information content (AvgIpc) is 2.70. The Balaban J connectivity index is 1.80. The van der Waals surface area contributed by atoms with Gasteiger partial charge in [-0.15, -0.1) is 0 Å². The molecule has 1 aliphatic heterocycles. The zero-order valence-electron chi connectivity index (χ0n) is 18.1. The molecule has 0 aromatic carbocycles. The van der Waals surface area contributed by atoms with Crippen molar-refractivity contribution in [3.63, 3.8) is 0 Å². The maximum absolute atomic E-state index is 12.0. The summed E-state index contributed by atoms with van der Waals surface area (Å²) < 4.78 is 0. The summed E-state index contributed by atoms with van der Waals surface area (Å²) in [5.74, 6) is 0.227. The minimum atomic E-state index is 0.227. The molecule has 156 valence electrons. The number of amides is 1. The maximum atomic E-state index is 12.0. The fourth-order valence-corrected chi connectivity index (χ4v) is 3.74. The number of carbonyl (C=O) groups is 1. The van der Waals surface area contributed by atoms with Crippen molar-refractivity contribution in [3.8, 4) is 0 Å². The Bertz CT molecular complexity index is 393. The molecule has 0 saturated carbocycles. The van der Waals surface area contributed by atoms with Crippen LogP contribution < -0.4 is 0 Å². The first-order chi connectivity index (χ1) is 13.3. The van der Waals surface area contributed by atoms with Gasteiger partial charge in [0.05, 0.1) is 0 Å². The van der Waals surface area contributed by atoms with Gasteiger partial charge in [-0.3, -0.25) is 4.79 Å². The van der Waals surface area contributed by atoms with Crippen LogP contribution in [0.4, 0.5) is 0 Å². The van der Waals surface area contributed by atoms with Crippen molar-refractivity contribution in [3.05, 3.63) is 24.3 Å². The van der Waals surface area contributed by atoms with Crippen molar-refractivity contribution in [1.82, 2.24) is 4.90 Å². The molecule has 0 radical (unpaired) electrons. The van der Waals surface area contributed by atoms with Gasteiger partial charge in [-0.25, -0.2) is 0 Å². The molecule has 0 bridgehead atoms. The molecule has 1 fully saturated rings. The van der Waals surface area contributed by atoms with Crippen LogP contribution in [0.3, 0.4) is 0 Å². The van der Waals surface area contributed by atoms with Gasteiger partial charge in [0.15, 0.2) is 0 Å². The van der Waals surface area contributed by atoms with E-state index in [4.69, 9.17) is 0 Å². The first-order valence-electron chi connectivity index (χ1n) is 11.9. The first kappa shape index (κ1) is 24.0. The number of likely N-dealkylation sites (tertiary alicyclic amines) is 1. The third kappa shape index (κ3) is 14.7. The van der Waals surface area contributed by atoms with Crippen LogP contribution in [0.5, 0.6) is 0 Å². The zero-order chi connectivity index (χ0) is 19.4. The van der Waals surface area contributed by atoms with Crippen LogP contribution in [0.1, 0.15) is 116 Å². The molecule has 0 spiro atoms. The van der Waals surface area contributed by atoms with E-state index in [9.17, 15) is 4.79 Å². The van der Waals surface area contributed by atoms with E-state index >= 15 is 0 Å². The molecule has 1 saturated heterocycles. The number of nitrogens with zero attached hydrogens (tertiary/aromatic N) is 1. The molecule has 0 N–H and O–H groups in total. The van der Waals surface area contributed by atoms with Gasteiger partial charge in [-0.05, 0) is 63.9 Å². The summed E-state index contributed by atoms with van der Waals surface area (Å²) in [4.78, 5) is 14.0. The predicted molar refractivity (Wildman–Crippen MR) is 119 cm³/mol. The number of unbranched alkanes of at least 4 members (excludes halogenated alkanes) is 12. The lowest BCUT2D eigenvalue weighted by molar-refractivity contribution is -0.126. The van der Waals surface area contributed by atoms with Crippen molar-refractivity contribution in [2.45, 2.75) is 116 Å². The molecule has 0 aromatic rings. The topological polar surface area (TPSA) is 20.3 Å². The van der Waals surface area contributed by atoms with E-state index in [1.165, 1.54) is 103 Å². The summed E-state index contributed by atoms with van der Waals surface area (Å²) in [5.41, 5.74) is 0. The Kier molecular flexibility index (Phi) is 16.3. The Morgan fingerprint density at radius 3 is 1.70 bits per heavy atom. The minimum Gasteiger partial charge on any atom is -0.339 e. The summed E-state index contributed by atoms with van der Waals surface area (Å²) >= 11 is 0. The van der Waals surface area contributed by atoms with Crippen LogP contribution in [-0.2, 0) is 4.79 Å². The zero-order valence-corrected chi connectivity index (χ0v) is 18.1.